The summed E-state index contributed by atoms with van der Waals surface area (Å²) in [6, 6.07) is 27.0. The van der Waals surface area contributed by atoms with Crippen LogP contribution in [0, 0.1) is 0 Å². The van der Waals surface area contributed by atoms with Gasteiger partial charge in [-0.25, -0.2) is 14.4 Å². The number of alkyl carbamates (subject to hydrolysis) is 2. The van der Waals surface area contributed by atoms with Crippen molar-refractivity contribution < 1.29 is 53.9 Å². The Hall–Kier alpha value is -7.36. The molecule has 0 bridgehead atoms. The Morgan fingerprint density at radius 1 is 0.493 bits per heavy atom. The molecule has 5 rings (SSSR count). The molecule has 2 aromatic carbocycles. The van der Waals surface area contributed by atoms with Gasteiger partial charge in [-0.2, -0.15) is 0 Å². The molecule has 12 N–H and O–H groups in total. The van der Waals surface area contributed by atoms with E-state index in [0.717, 1.165) is 34.2 Å². The van der Waals surface area contributed by atoms with Crippen LogP contribution in [-0.4, -0.2) is 102 Å². The minimum absolute atomic E-state index is 0.0919. The zero-order chi connectivity index (χ0) is 55.5. The van der Waals surface area contributed by atoms with Crippen LogP contribution < -0.4 is 32.7 Å². The Bertz CT molecular complexity index is 2340. The molecule has 5 aromatic rings. The van der Waals surface area contributed by atoms with Crippen LogP contribution in [0.15, 0.2) is 134 Å². The van der Waals surface area contributed by atoms with Gasteiger partial charge in [0.05, 0.1) is 24.2 Å². The Kier molecular flexibility index (Phi) is 31.1. The molecule has 4 amide bonds. The number of aliphatic hydroxyl groups excluding tert-OH is 3. The zero-order valence-electron chi connectivity index (χ0n) is 43.7. The highest BCUT2D eigenvalue weighted by Crippen LogP contribution is 2.14. The number of carbonyl (C=O) groups is 5. The number of rotatable bonds is 23. The van der Waals surface area contributed by atoms with E-state index < -0.39 is 66.4 Å². The third-order valence-corrected chi connectivity index (χ3v) is 11.2. The number of nitrogens with zero attached hydrogens (tertiary/aromatic N) is 3. The van der Waals surface area contributed by atoms with E-state index in [0.29, 0.717) is 32.1 Å². The van der Waals surface area contributed by atoms with Crippen molar-refractivity contribution in [1.82, 2.24) is 36.2 Å². The second kappa shape index (κ2) is 36.5. The van der Waals surface area contributed by atoms with E-state index in [-0.39, 0.29) is 31.3 Å². The minimum Gasteiger partial charge on any atom is -0.479 e. The van der Waals surface area contributed by atoms with Crippen LogP contribution in [0.25, 0.3) is 0 Å². The Balaban J connectivity index is 0.000000363. The molecular weight excluding hydrogens is 963 g/mol. The van der Waals surface area contributed by atoms with Gasteiger partial charge in [0.25, 0.3) is 11.8 Å². The average molecular weight is 1040 g/mol. The van der Waals surface area contributed by atoms with E-state index in [1.54, 1.807) is 49.3 Å². The number of aliphatic hydroxyl groups is 3. The van der Waals surface area contributed by atoms with E-state index in [4.69, 9.17) is 26.0 Å². The first kappa shape index (κ1) is 63.8. The van der Waals surface area contributed by atoms with E-state index >= 15 is 0 Å². The van der Waals surface area contributed by atoms with Crippen molar-refractivity contribution in [2.45, 2.75) is 148 Å². The van der Waals surface area contributed by atoms with Gasteiger partial charge >= 0.3 is 18.2 Å². The van der Waals surface area contributed by atoms with Crippen LogP contribution in [0.1, 0.15) is 126 Å². The molecule has 75 heavy (non-hydrogen) atoms. The number of carbonyl (C=O) groups excluding carboxylic acids is 4. The predicted octanol–water partition coefficient (Wildman–Crippen LogP) is 6.09. The molecule has 9 atom stereocenters. The highest BCUT2D eigenvalue weighted by atomic mass is 16.6. The number of nitrogens with two attached hydrogens (primary N) is 2. The maximum Gasteiger partial charge on any atom is 0.407 e. The van der Waals surface area contributed by atoms with Crippen LogP contribution in [0.2, 0.25) is 0 Å². The highest BCUT2D eigenvalue weighted by Gasteiger charge is 2.29. The zero-order valence-corrected chi connectivity index (χ0v) is 43.7. The molecule has 0 fully saturated rings. The van der Waals surface area contributed by atoms with Crippen molar-refractivity contribution >= 4 is 30.0 Å². The van der Waals surface area contributed by atoms with Gasteiger partial charge in [0, 0.05) is 49.3 Å². The number of nitrogens with one attached hydrogen (secondary N) is 4. The van der Waals surface area contributed by atoms with Crippen LogP contribution in [0.4, 0.5) is 9.59 Å². The molecule has 0 aliphatic carbocycles. The summed E-state index contributed by atoms with van der Waals surface area (Å²) in [5, 5.41) is 48.9. The molecule has 408 valence electrons. The lowest BCUT2D eigenvalue weighted by atomic mass is 10.0. The number of pyridine rings is 3. The van der Waals surface area contributed by atoms with E-state index in [1.165, 1.54) is 0 Å². The largest absolute Gasteiger partial charge is 0.479 e. The molecule has 3 heterocycles. The molecule has 20 nitrogen and oxygen atoms in total. The number of hydrogen-bond acceptors (Lipinski definition) is 15. The SMILES string of the molecule is CCC[C@H](N)C(O)C(=O)N[C@@H](C)c1ccncc1.CCC[C@H](NC(=O)OCc1ccccc1)C(O)C(=O)N[C@@H](C)c1ccncc1.CCC[C@H](NC(=O)OCc1ccccc1)C(O)C(=O)O.C[C@H](N)c1ccncc1. The van der Waals surface area contributed by atoms with Crippen LogP contribution in [-0.2, 0) is 37.1 Å². The Morgan fingerprint density at radius 2 is 0.840 bits per heavy atom. The van der Waals surface area contributed by atoms with E-state index in [9.17, 15) is 39.3 Å². The molecule has 3 aromatic heterocycles. The number of aromatic nitrogens is 3. The van der Waals surface area contributed by atoms with Gasteiger partial charge in [-0.1, -0.05) is 101 Å². The molecule has 0 saturated heterocycles. The number of amides is 4. The monoisotopic (exact) mass is 1040 g/mol. The molecule has 20 heteroatoms. The Morgan fingerprint density at radius 3 is 1.17 bits per heavy atom. The minimum atomic E-state index is -1.64. The van der Waals surface area contributed by atoms with Crippen LogP contribution >= 0.6 is 0 Å². The topological polar surface area (TPSA) is 324 Å². The first-order valence-corrected chi connectivity index (χ1v) is 24.9. The first-order chi connectivity index (χ1) is 35.9. The lowest BCUT2D eigenvalue weighted by molar-refractivity contribution is -0.148. The standard InChI is InChI=1S/C21H27N3O4.C14H19NO5.C13H21N3O2.C7H10N2/c1-3-7-18(24-21(27)28-14-16-8-5-4-6-9-16)19(25)20(26)23-15(2)17-10-12-22-13-11-17;1-2-6-11(12(16)13(17)18)15-14(19)20-9-10-7-4-3-5-8-10;1-3-4-11(14)12(17)13(18)16-9(2)10-5-7-15-8-6-10;1-6(8)7-2-4-9-5-3-7/h4-6,8-13,15,18-19,25H,3,7,14H2,1-2H3,(H,23,26)(H,24,27);3-5,7-8,11-12,16H,2,6,9H2,1H3,(H,15,19)(H,17,18);5-9,11-12,17H,3-4,14H2,1-2H3,(H,16,18);2-6H,8H2,1H3/t15-,18-,19?;11-,12?;9-,11-,12?;6-/m0000/s1. The second-order valence-corrected chi connectivity index (χ2v) is 17.4. The van der Waals surface area contributed by atoms with Crippen molar-refractivity contribution in [2.75, 3.05) is 0 Å². The number of ether oxygens (including phenoxy) is 2. The summed E-state index contributed by atoms with van der Waals surface area (Å²) in [5.41, 5.74) is 15.9. The first-order valence-electron chi connectivity index (χ1n) is 24.9. The third kappa shape index (κ3) is 25.9. The molecular formula is C55H77N9O11. The van der Waals surface area contributed by atoms with Crippen molar-refractivity contribution in [2.24, 2.45) is 11.5 Å². The Labute approximate surface area is 440 Å². The van der Waals surface area contributed by atoms with E-state index in [2.05, 4.69) is 36.2 Å². The number of benzene rings is 2. The summed E-state index contributed by atoms with van der Waals surface area (Å²) < 4.78 is 10.2. The molecule has 0 radical (unpaired) electrons. The summed E-state index contributed by atoms with van der Waals surface area (Å²) >= 11 is 0. The molecule has 0 saturated carbocycles. The molecule has 0 aliphatic heterocycles. The number of hydrogen-bond donors (Lipinski definition) is 10. The van der Waals surface area contributed by atoms with Gasteiger partial charge in [-0.15, -0.1) is 0 Å². The normalized spacial score (nSPS) is 14.1. The van der Waals surface area contributed by atoms with Gasteiger partial charge in [0.2, 0.25) is 0 Å². The maximum absolute atomic E-state index is 12.4. The van der Waals surface area contributed by atoms with Gasteiger partial charge in [0.1, 0.15) is 19.3 Å². The van der Waals surface area contributed by atoms with Gasteiger partial charge in [0.15, 0.2) is 12.2 Å². The fraction of sp³-hybridized carbons (Fsp3) is 0.418. The molecule has 0 spiro atoms. The van der Waals surface area contributed by atoms with Gasteiger partial charge in [-0.3, -0.25) is 24.5 Å². The fourth-order valence-corrected chi connectivity index (χ4v) is 6.85. The van der Waals surface area contributed by atoms with Crippen LogP contribution in [0.5, 0.6) is 0 Å². The number of carboxylic acid groups (broad SMARTS) is 1. The van der Waals surface area contributed by atoms with Crippen molar-refractivity contribution in [3.8, 4) is 0 Å². The van der Waals surface area contributed by atoms with Crippen molar-refractivity contribution in [3.05, 3.63) is 162 Å². The quantitative estimate of drug-likeness (QED) is 0.0354. The summed E-state index contributed by atoms with van der Waals surface area (Å²) in [6.45, 7) is 11.5. The number of aliphatic carboxylic acids is 1. The van der Waals surface area contributed by atoms with E-state index in [1.807, 2.05) is 126 Å². The molecule has 0 aliphatic rings. The maximum atomic E-state index is 12.4. The summed E-state index contributed by atoms with van der Waals surface area (Å²) in [5.74, 6) is -2.35. The van der Waals surface area contributed by atoms with Gasteiger partial charge in [-0.05, 0) is 104 Å². The van der Waals surface area contributed by atoms with Crippen molar-refractivity contribution in [1.29, 1.82) is 0 Å². The van der Waals surface area contributed by atoms with Crippen molar-refractivity contribution in [3.63, 3.8) is 0 Å². The fourth-order valence-electron chi connectivity index (χ4n) is 6.85. The average Bonchev–Trinajstić information content (AvgIpc) is 3.42. The number of carboxylic acids is 1. The second-order valence-electron chi connectivity index (χ2n) is 17.4. The summed E-state index contributed by atoms with van der Waals surface area (Å²) in [7, 11) is 0. The smallest absolute Gasteiger partial charge is 0.407 e. The lowest BCUT2D eigenvalue weighted by Gasteiger charge is -2.24. The summed E-state index contributed by atoms with van der Waals surface area (Å²) in [4.78, 5) is 70.4. The predicted molar refractivity (Wildman–Crippen MR) is 284 cm³/mol. The van der Waals surface area contributed by atoms with Crippen LogP contribution in [0.3, 0.4) is 0 Å². The van der Waals surface area contributed by atoms with Gasteiger partial charge < -0.3 is 62.6 Å². The summed E-state index contributed by atoms with van der Waals surface area (Å²) in [6.07, 6.45) is 8.09. The third-order valence-electron chi connectivity index (χ3n) is 11.2. The highest BCUT2D eigenvalue weighted by molar-refractivity contribution is 5.83. The molecule has 3 unspecified atom stereocenters. The lowest BCUT2D eigenvalue weighted by Crippen LogP contribution is -2.51.